The summed E-state index contributed by atoms with van der Waals surface area (Å²) in [6.07, 6.45) is 4.57. The third-order valence-electron chi connectivity index (χ3n) is 5.60. The smallest absolute Gasteiger partial charge is 0.242 e. The standard InChI is InChI=1S/C24H27Cl3N2O2S/c1-16(24(31)28-19-4-2-3-5-19)29(15-17-6-11-21(26)22(27)14-17)23(30)12-13-32-20-9-7-18(25)8-10-20/h6-11,14,16,19H,2-5,12-13,15H2,1H3,(H,28,31). The van der Waals surface area contributed by atoms with Gasteiger partial charge in [0, 0.05) is 34.7 Å². The van der Waals surface area contributed by atoms with Crippen molar-refractivity contribution in [2.75, 3.05) is 5.75 Å². The largest absolute Gasteiger partial charge is 0.352 e. The van der Waals surface area contributed by atoms with Crippen molar-refractivity contribution in [2.45, 2.75) is 62.6 Å². The summed E-state index contributed by atoms with van der Waals surface area (Å²) < 4.78 is 0. The lowest BCUT2D eigenvalue weighted by molar-refractivity contribution is -0.140. The van der Waals surface area contributed by atoms with Crippen molar-refractivity contribution in [1.29, 1.82) is 0 Å². The van der Waals surface area contributed by atoms with Gasteiger partial charge in [0.1, 0.15) is 6.04 Å². The molecule has 1 aliphatic carbocycles. The molecule has 0 bridgehead atoms. The van der Waals surface area contributed by atoms with E-state index in [4.69, 9.17) is 34.8 Å². The SMILES string of the molecule is CC(C(=O)NC1CCCC1)N(Cc1ccc(Cl)c(Cl)c1)C(=O)CCSc1ccc(Cl)cc1. The van der Waals surface area contributed by atoms with Gasteiger partial charge in [-0.2, -0.15) is 0 Å². The molecule has 1 fully saturated rings. The molecule has 1 atom stereocenters. The number of nitrogens with one attached hydrogen (secondary N) is 1. The van der Waals surface area contributed by atoms with Crippen molar-refractivity contribution in [3.05, 3.63) is 63.1 Å². The lowest BCUT2D eigenvalue weighted by atomic mass is 10.1. The average molecular weight is 514 g/mol. The van der Waals surface area contributed by atoms with E-state index >= 15 is 0 Å². The van der Waals surface area contributed by atoms with Crippen molar-refractivity contribution >= 4 is 58.4 Å². The maximum Gasteiger partial charge on any atom is 0.242 e. The van der Waals surface area contributed by atoms with E-state index in [0.29, 0.717) is 33.8 Å². The van der Waals surface area contributed by atoms with Gasteiger partial charge in [-0.1, -0.05) is 53.7 Å². The summed E-state index contributed by atoms with van der Waals surface area (Å²) in [5.41, 5.74) is 0.832. The Morgan fingerprint density at radius 1 is 1.06 bits per heavy atom. The molecular weight excluding hydrogens is 487 g/mol. The van der Waals surface area contributed by atoms with E-state index in [1.54, 1.807) is 35.7 Å². The molecule has 2 aromatic carbocycles. The molecule has 2 amide bonds. The van der Waals surface area contributed by atoms with Gasteiger partial charge in [0.2, 0.25) is 11.8 Å². The van der Waals surface area contributed by atoms with Crippen molar-refractivity contribution in [3.8, 4) is 0 Å². The molecule has 8 heteroatoms. The lowest BCUT2D eigenvalue weighted by Crippen LogP contribution is -2.49. The minimum atomic E-state index is -0.585. The zero-order chi connectivity index (χ0) is 23.1. The van der Waals surface area contributed by atoms with Gasteiger partial charge in [-0.05, 0) is 61.7 Å². The van der Waals surface area contributed by atoms with Crippen LogP contribution in [0.3, 0.4) is 0 Å². The molecule has 0 radical (unpaired) electrons. The van der Waals surface area contributed by atoms with E-state index in [9.17, 15) is 9.59 Å². The Kier molecular flexibility index (Phi) is 9.60. The second kappa shape index (κ2) is 12.2. The van der Waals surface area contributed by atoms with Crippen LogP contribution in [0.25, 0.3) is 0 Å². The van der Waals surface area contributed by atoms with Gasteiger partial charge in [-0.15, -0.1) is 11.8 Å². The molecule has 1 unspecified atom stereocenters. The van der Waals surface area contributed by atoms with E-state index in [0.717, 1.165) is 36.1 Å². The van der Waals surface area contributed by atoms with E-state index in [1.165, 1.54) is 0 Å². The number of amides is 2. The first-order valence-electron chi connectivity index (χ1n) is 10.8. The van der Waals surface area contributed by atoms with Crippen molar-refractivity contribution in [2.24, 2.45) is 0 Å². The van der Waals surface area contributed by atoms with Gasteiger partial charge < -0.3 is 10.2 Å². The average Bonchev–Trinajstić information content (AvgIpc) is 3.28. The highest BCUT2D eigenvalue weighted by Crippen LogP contribution is 2.25. The summed E-state index contributed by atoms with van der Waals surface area (Å²) in [6, 6.07) is 12.4. The molecule has 3 rings (SSSR count). The van der Waals surface area contributed by atoms with Crippen molar-refractivity contribution in [3.63, 3.8) is 0 Å². The molecule has 1 aliphatic rings. The first kappa shape index (κ1) is 25.2. The molecule has 0 heterocycles. The number of thioether (sulfide) groups is 1. The van der Waals surface area contributed by atoms with Crippen molar-refractivity contribution in [1.82, 2.24) is 10.2 Å². The Bertz CT molecular complexity index is 933. The van der Waals surface area contributed by atoms with Gasteiger partial charge in [0.15, 0.2) is 0 Å². The Hall–Kier alpha value is -1.40. The molecule has 2 aromatic rings. The number of hydrogen-bond acceptors (Lipinski definition) is 3. The number of hydrogen-bond donors (Lipinski definition) is 1. The van der Waals surface area contributed by atoms with Crippen LogP contribution in [0.2, 0.25) is 15.1 Å². The first-order chi connectivity index (χ1) is 15.3. The number of carbonyl (C=O) groups is 2. The molecule has 172 valence electrons. The summed E-state index contributed by atoms with van der Waals surface area (Å²) in [5.74, 6) is 0.414. The Labute approximate surface area is 209 Å². The van der Waals surface area contributed by atoms with Crippen LogP contribution in [0.5, 0.6) is 0 Å². The number of halogens is 3. The maximum atomic E-state index is 13.2. The monoisotopic (exact) mass is 512 g/mol. The fourth-order valence-corrected chi connectivity index (χ4v) is 5.03. The molecule has 4 nitrogen and oxygen atoms in total. The summed E-state index contributed by atoms with van der Waals surface area (Å²) in [6.45, 7) is 2.08. The fraction of sp³-hybridized carbons (Fsp3) is 0.417. The van der Waals surface area contributed by atoms with Gasteiger partial charge in [-0.25, -0.2) is 0 Å². The number of carbonyl (C=O) groups excluding carboxylic acids is 2. The third-order valence-corrected chi connectivity index (χ3v) is 7.61. The minimum Gasteiger partial charge on any atom is -0.352 e. The van der Waals surface area contributed by atoms with Crippen LogP contribution in [0, 0.1) is 0 Å². The van der Waals surface area contributed by atoms with Crippen LogP contribution in [0.15, 0.2) is 47.4 Å². The van der Waals surface area contributed by atoms with Crippen LogP contribution < -0.4 is 5.32 Å². The molecule has 0 saturated heterocycles. The number of rotatable bonds is 9. The summed E-state index contributed by atoms with van der Waals surface area (Å²) in [5, 5.41) is 4.68. The van der Waals surface area contributed by atoms with Gasteiger partial charge in [0.25, 0.3) is 0 Å². The van der Waals surface area contributed by atoms with E-state index in [1.807, 2.05) is 30.3 Å². The Morgan fingerprint density at radius 3 is 2.41 bits per heavy atom. The Morgan fingerprint density at radius 2 is 1.75 bits per heavy atom. The van der Waals surface area contributed by atoms with Gasteiger partial charge in [0.05, 0.1) is 10.0 Å². The zero-order valence-electron chi connectivity index (χ0n) is 18.0. The van der Waals surface area contributed by atoms with E-state index in [-0.39, 0.29) is 17.9 Å². The number of benzene rings is 2. The Balaban J connectivity index is 1.67. The highest BCUT2D eigenvalue weighted by Gasteiger charge is 2.28. The molecule has 0 spiro atoms. The van der Waals surface area contributed by atoms with Crippen molar-refractivity contribution < 1.29 is 9.59 Å². The highest BCUT2D eigenvalue weighted by atomic mass is 35.5. The van der Waals surface area contributed by atoms with E-state index < -0.39 is 6.04 Å². The number of nitrogens with zero attached hydrogens (tertiary/aromatic N) is 1. The predicted molar refractivity (Wildman–Crippen MR) is 134 cm³/mol. The summed E-state index contributed by atoms with van der Waals surface area (Å²) >= 11 is 19.7. The lowest BCUT2D eigenvalue weighted by Gasteiger charge is -2.30. The fourth-order valence-electron chi connectivity index (χ4n) is 3.74. The molecule has 0 aliphatic heterocycles. The van der Waals surface area contributed by atoms with Crippen LogP contribution in [-0.2, 0) is 16.1 Å². The minimum absolute atomic E-state index is 0.0772. The maximum absolute atomic E-state index is 13.2. The quantitative estimate of drug-likeness (QED) is 0.384. The topological polar surface area (TPSA) is 49.4 Å². The van der Waals surface area contributed by atoms with Gasteiger partial charge in [-0.3, -0.25) is 9.59 Å². The van der Waals surface area contributed by atoms with Gasteiger partial charge >= 0.3 is 0 Å². The van der Waals surface area contributed by atoms with E-state index in [2.05, 4.69) is 5.32 Å². The van der Waals surface area contributed by atoms with Crippen LogP contribution in [-0.4, -0.2) is 34.6 Å². The predicted octanol–water partition coefficient (Wildman–Crippen LogP) is 6.61. The molecule has 32 heavy (non-hydrogen) atoms. The molecular formula is C24H27Cl3N2O2S. The zero-order valence-corrected chi connectivity index (χ0v) is 21.0. The molecule has 1 saturated carbocycles. The van der Waals surface area contributed by atoms with Crippen LogP contribution in [0.4, 0.5) is 0 Å². The van der Waals surface area contributed by atoms with Crippen LogP contribution >= 0.6 is 46.6 Å². The second-order valence-corrected chi connectivity index (χ2v) is 10.4. The second-order valence-electron chi connectivity index (χ2n) is 7.99. The summed E-state index contributed by atoms with van der Waals surface area (Å²) in [4.78, 5) is 28.8. The summed E-state index contributed by atoms with van der Waals surface area (Å²) in [7, 11) is 0. The molecule has 0 aromatic heterocycles. The third kappa shape index (κ3) is 7.31. The first-order valence-corrected chi connectivity index (χ1v) is 12.9. The van der Waals surface area contributed by atoms with Crippen LogP contribution in [0.1, 0.15) is 44.6 Å². The highest BCUT2D eigenvalue weighted by molar-refractivity contribution is 7.99. The normalized spacial score (nSPS) is 14.9. The molecule has 1 N–H and O–H groups in total.